The average Bonchev–Trinajstić information content (AvgIpc) is 2.62. The summed E-state index contributed by atoms with van der Waals surface area (Å²) >= 11 is 0. The van der Waals surface area contributed by atoms with Gasteiger partial charge in [0, 0.05) is 29.4 Å². The first kappa shape index (κ1) is 17.9. The number of ketones is 1. The van der Waals surface area contributed by atoms with Gasteiger partial charge in [0.15, 0.2) is 5.78 Å². The largest absolute Gasteiger partial charge is 0.325 e. The number of aryl methyl sites for hydroxylation is 1. The van der Waals surface area contributed by atoms with Crippen molar-refractivity contribution in [3.05, 3.63) is 65.2 Å². The van der Waals surface area contributed by atoms with Crippen molar-refractivity contribution in [2.24, 2.45) is 0 Å². The molecule has 2 amide bonds. The van der Waals surface area contributed by atoms with Crippen LogP contribution in [0.3, 0.4) is 0 Å². The van der Waals surface area contributed by atoms with E-state index >= 15 is 0 Å². The number of amides is 2. The third kappa shape index (κ3) is 3.52. The summed E-state index contributed by atoms with van der Waals surface area (Å²) in [5, 5.41) is 0. The molecule has 0 radical (unpaired) electrons. The Bertz CT molecular complexity index is 875. The Morgan fingerprint density at radius 2 is 1.73 bits per heavy atom. The van der Waals surface area contributed by atoms with Gasteiger partial charge in [-0.2, -0.15) is 0 Å². The van der Waals surface area contributed by atoms with E-state index in [0.717, 1.165) is 11.3 Å². The van der Waals surface area contributed by atoms with Crippen LogP contribution in [0.25, 0.3) is 0 Å². The molecule has 0 aliphatic carbocycles. The van der Waals surface area contributed by atoms with Crippen LogP contribution in [0, 0.1) is 6.92 Å². The van der Waals surface area contributed by atoms with Gasteiger partial charge in [0.2, 0.25) is 5.91 Å². The lowest BCUT2D eigenvalue weighted by Crippen LogP contribution is -2.57. The number of nitrogens with zero attached hydrogens (tertiary/aromatic N) is 2. The first-order valence-corrected chi connectivity index (χ1v) is 8.66. The summed E-state index contributed by atoms with van der Waals surface area (Å²) in [6, 6.07) is 14.3. The van der Waals surface area contributed by atoms with Crippen molar-refractivity contribution in [1.29, 1.82) is 0 Å². The maximum atomic E-state index is 12.9. The number of rotatable bonds is 3. The lowest BCUT2D eigenvalue weighted by Gasteiger charge is -2.39. The van der Waals surface area contributed by atoms with Gasteiger partial charge in [-0.05, 0) is 50.6 Å². The fourth-order valence-corrected chi connectivity index (χ4v) is 3.21. The summed E-state index contributed by atoms with van der Waals surface area (Å²) in [4.78, 5) is 40.4. The zero-order valence-electron chi connectivity index (χ0n) is 15.2. The molecule has 26 heavy (non-hydrogen) atoms. The number of carbonyl (C=O) groups excluding carboxylic acids is 3. The molecule has 2 aromatic rings. The molecular formula is C21H22N2O3. The molecule has 2 aromatic carbocycles. The summed E-state index contributed by atoms with van der Waals surface area (Å²) in [5.41, 5.74) is 2.87. The molecule has 0 N–H and O–H groups in total. The minimum Gasteiger partial charge on any atom is -0.325 e. The van der Waals surface area contributed by atoms with Crippen LogP contribution in [-0.2, 0) is 4.79 Å². The maximum Gasteiger partial charge on any atom is 0.254 e. The van der Waals surface area contributed by atoms with Crippen molar-refractivity contribution in [2.75, 3.05) is 18.0 Å². The van der Waals surface area contributed by atoms with E-state index < -0.39 is 0 Å². The SMILES string of the molecule is CC(=O)c1cccc(C(=O)N2CC(=O)N(c3cccc(C)c3)C[C@H]2C)c1. The Kier molecular flexibility index (Phi) is 4.89. The van der Waals surface area contributed by atoms with Gasteiger partial charge in [0.05, 0.1) is 0 Å². The van der Waals surface area contributed by atoms with Crippen molar-refractivity contribution >= 4 is 23.3 Å². The normalized spacial score (nSPS) is 17.3. The molecule has 0 spiro atoms. The molecule has 5 heteroatoms. The Balaban J connectivity index is 1.81. The summed E-state index contributed by atoms with van der Waals surface area (Å²) in [6.07, 6.45) is 0. The van der Waals surface area contributed by atoms with Crippen LogP contribution in [0.5, 0.6) is 0 Å². The van der Waals surface area contributed by atoms with E-state index in [-0.39, 0.29) is 30.2 Å². The van der Waals surface area contributed by atoms with Crippen LogP contribution < -0.4 is 4.90 Å². The first-order valence-electron chi connectivity index (χ1n) is 8.66. The number of piperazine rings is 1. The van der Waals surface area contributed by atoms with Crippen LogP contribution in [-0.4, -0.2) is 41.6 Å². The van der Waals surface area contributed by atoms with Gasteiger partial charge < -0.3 is 9.80 Å². The summed E-state index contributed by atoms with van der Waals surface area (Å²) in [7, 11) is 0. The predicted octanol–water partition coefficient (Wildman–Crippen LogP) is 3.08. The van der Waals surface area contributed by atoms with Crippen LogP contribution >= 0.6 is 0 Å². The smallest absolute Gasteiger partial charge is 0.254 e. The third-order valence-electron chi connectivity index (χ3n) is 4.68. The molecule has 1 fully saturated rings. The minimum absolute atomic E-state index is 0.0260. The van der Waals surface area contributed by atoms with E-state index in [1.807, 2.05) is 38.1 Å². The van der Waals surface area contributed by atoms with Crippen molar-refractivity contribution in [3.8, 4) is 0 Å². The molecule has 0 saturated carbocycles. The number of benzene rings is 2. The Morgan fingerprint density at radius 3 is 2.42 bits per heavy atom. The van der Waals surface area contributed by atoms with Gasteiger partial charge in [-0.3, -0.25) is 14.4 Å². The summed E-state index contributed by atoms with van der Waals surface area (Å²) < 4.78 is 0. The van der Waals surface area contributed by atoms with E-state index in [9.17, 15) is 14.4 Å². The fraction of sp³-hybridized carbons (Fsp3) is 0.286. The third-order valence-corrected chi connectivity index (χ3v) is 4.68. The van der Waals surface area contributed by atoms with Gasteiger partial charge in [-0.15, -0.1) is 0 Å². The highest BCUT2D eigenvalue weighted by atomic mass is 16.2. The van der Waals surface area contributed by atoms with Gasteiger partial charge >= 0.3 is 0 Å². The second kappa shape index (κ2) is 7.12. The fourth-order valence-electron chi connectivity index (χ4n) is 3.21. The second-order valence-corrected chi connectivity index (χ2v) is 6.76. The topological polar surface area (TPSA) is 57.7 Å². The van der Waals surface area contributed by atoms with E-state index in [0.29, 0.717) is 17.7 Å². The van der Waals surface area contributed by atoms with Crippen molar-refractivity contribution in [2.45, 2.75) is 26.8 Å². The van der Waals surface area contributed by atoms with Crippen molar-refractivity contribution in [1.82, 2.24) is 4.90 Å². The predicted molar refractivity (Wildman–Crippen MR) is 100 cm³/mol. The Hall–Kier alpha value is -2.95. The monoisotopic (exact) mass is 350 g/mol. The zero-order valence-corrected chi connectivity index (χ0v) is 15.2. The maximum absolute atomic E-state index is 12.9. The highest BCUT2D eigenvalue weighted by molar-refractivity contribution is 6.03. The molecule has 1 atom stereocenters. The molecule has 5 nitrogen and oxygen atoms in total. The highest BCUT2D eigenvalue weighted by Gasteiger charge is 2.33. The van der Waals surface area contributed by atoms with Gasteiger partial charge in [-0.25, -0.2) is 0 Å². The van der Waals surface area contributed by atoms with E-state index in [1.54, 1.807) is 34.1 Å². The standard InChI is InChI=1S/C21H22N2O3/c1-14-6-4-9-19(10-14)23-12-15(2)22(13-20(23)25)21(26)18-8-5-7-17(11-18)16(3)24/h4-11,15H,12-13H2,1-3H3/t15-/m1/s1. The molecule has 1 heterocycles. The van der Waals surface area contributed by atoms with Gasteiger partial charge in [0.1, 0.15) is 6.54 Å². The van der Waals surface area contributed by atoms with E-state index in [1.165, 1.54) is 6.92 Å². The van der Waals surface area contributed by atoms with E-state index in [2.05, 4.69) is 0 Å². The van der Waals surface area contributed by atoms with Gasteiger partial charge in [0.25, 0.3) is 5.91 Å². The number of anilines is 1. The number of carbonyl (C=O) groups is 3. The van der Waals surface area contributed by atoms with Crippen LogP contribution in [0.1, 0.15) is 40.1 Å². The molecule has 0 bridgehead atoms. The van der Waals surface area contributed by atoms with Crippen LogP contribution in [0.2, 0.25) is 0 Å². The van der Waals surface area contributed by atoms with Crippen LogP contribution in [0.15, 0.2) is 48.5 Å². The Labute approximate surface area is 153 Å². The summed E-state index contributed by atoms with van der Waals surface area (Å²) in [5.74, 6) is -0.421. The Morgan fingerprint density at radius 1 is 1.04 bits per heavy atom. The zero-order chi connectivity index (χ0) is 18.8. The van der Waals surface area contributed by atoms with Crippen LogP contribution in [0.4, 0.5) is 5.69 Å². The molecule has 0 unspecified atom stereocenters. The second-order valence-electron chi connectivity index (χ2n) is 6.76. The highest BCUT2D eigenvalue weighted by Crippen LogP contribution is 2.22. The molecule has 1 saturated heterocycles. The van der Waals surface area contributed by atoms with Crippen molar-refractivity contribution < 1.29 is 14.4 Å². The van der Waals surface area contributed by atoms with Gasteiger partial charge in [-0.1, -0.05) is 24.3 Å². The van der Waals surface area contributed by atoms with E-state index in [4.69, 9.17) is 0 Å². The quantitative estimate of drug-likeness (QED) is 0.800. The summed E-state index contributed by atoms with van der Waals surface area (Å²) in [6.45, 7) is 5.86. The number of Topliss-reactive ketones (excluding diaryl/α,β-unsaturated/α-hetero) is 1. The molecule has 1 aliphatic rings. The number of hydrogen-bond donors (Lipinski definition) is 0. The molecule has 3 rings (SSSR count). The lowest BCUT2D eigenvalue weighted by molar-refractivity contribution is -0.121. The molecule has 1 aliphatic heterocycles. The lowest BCUT2D eigenvalue weighted by atomic mass is 10.0. The number of hydrogen-bond acceptors (Lipinski definition) is 3. The molecule has 0 aromatic heterocycles. The minimum atomic E-state index is -0.224. The van der Waals surface area contributed by atoms with Crippen molar-refractivity contribution in [3.63, 3.8) is 0 Å². The molecule has 134 valence electrons. The first-order chi connectivity index (χ1) is 12.4. The average molecular weight is 350 g/mol. The molecular weight excluding hydrogens is 328 g/mol.